The highest BCUT2D eigenvalue weighted by atomic mass is 16.1. The molecule has 3 heterocycles. The molecule has 142 valence electrons. The summed E-state index contributed by atoms with van der Waals surface area (Å²) in [4.78, 5) is 29.2. The Hall–Kier alpha value is -2.44. The average molecular weight is 366 g/mol. The Morgan fingerprint density at radius 3 is 2.85 bits per heavy atom. The Labute approximate surface area is 159 Å². The first kappa shape index (κ1) is 17.9. The Morgan fingerprint density at radius 2 is 2.00 bits per heavy atom. The number of nitrogens with one attached hydrogen (secondary N) is 3. The molecule has 3 N–H and O–H groups in total. The van der Waals surface area contributed by atoms with Crippen molar-refractivity contribution in [3.8, 4) is 0 Å². The number of anilines is 1. The highest BCUT2D eigenvalue weighted by Crippen LogP contribution is 2.26. The number of hydrogen-bond donors (Lipinski definition) is 3. The molecule has 6 nitrogen and oxygen atoms in total. The van der Waals surface area contributed by atoms with Gasteiger partial charge >= 0.3 is 0 Å². The third-order valence-corrected chi connectivity index (χ3v) is 5.60. The van der Waals surface area contributed by atoms with Crippen molar-refractivity contribution in [3.63, 3.8) is 0 Å². The van der Waals surface area contributed by atoms with E-state index >= 15 is 0 Å². The number of likely N-dealkylation sites (N-methyl/N-ethyl adjacent to an activating group) is 1. The maximum atomic E-state index is 12.4. The molecule has 1 aromatic carbocycles. The second-order valence-corrected chi connectivity index (χ2v) is 7.68. The van der Waals surface area contributed by atoms with Gasteiger partial charge in [0, 0.05) is 55.5 Å². The summed E-state index contributed by atoms with van der Waals surface area (Å²) in [5.41, 5.74) is 6.34. The van der Waals surface area contributed by atoms with Crippen molar-refractivity contribution in [3.05, 3.63) is 62.6 Å². The molecule has 2 aliphatic rings. The van der Waals surface area contributed by atoms with Gasteiger partial charge in [-0.3, -0.25) is 9.59 Å². The van der Waals surface area contributed by atoms with Crippen molar-refractivity contribution in [2.45, 2.75) is 45.3 Å². The Kier molecular flexibility index (Phi) is 4.85. The van der Waals surface area contributed by atoms with Crippen LogP contribution in [0.2, 0.25) is 0 Å². The molecule has 0 fully saturated rings. The van der Waals surface area contributed by atoms with Crippen molar-refractivity contribution in [2.24, 2.45) is 0 Å². The van der Waals surface area contributed by atoms with Crippen molar-refractivity contribution in [1.82, 2.24) is 15.2 Å². The lowest BCUT2D eigenvalue weighted by molar-refractivity contribution is -0.116. The fourth-order valence-electron chi connectivity index (χ4n) is 3.88. The second-order valence-electron chi connectivity index (χ2n) is 7.68. The number of aromatic amines is 1. The third-order valence-electron chi connectivity index (χ3n) is 5.60. The molecule has 2 aromatic rings. The molecule has 0 saturated heterocycles. The smallest absolute Gasteiger partial charge is 0.252 e. The Balaban J connectivity index is 1.47. The molecule has 6 heteroatoms. The highest BCUT2D eigenvalue weighted by molar-refractivity contribution is 5.93. The molecule has 1 aromatic heterocycles. The van der Waals surface area contributed by atoms with Gasteiger partial charge in [-0.2, -0.15) is 0 Å². The number of amides is 1. The molecule has 0 radical (unpaired) electrons. The van der Waals surface area contributed by atoms with Gasteiger partial charge < -0.3 is 20.5 Å². The van der Waals surface area contributed by atoms with Crippen LogP contribution in [-0.2, 0) is 30.7 Å². The van der Waals surface area contributed by atoms with Crippen LogP contribution in [0.25, 0.3) is 0 Å². The van der Waals surface area contributed by atoms with Crippen LogP contribution in [0.3, 0.4) is 0 Å². The number of hydrogen-bond acceptors (Lipinski definition) is 4. The SMILES string of the molecule is CC(NCc1cc2c([nH]c1=O)CCN(C)C2)c1ccc2c(c1)CCC(=O)N2. The summed E-state index contributed by atoms with van der Waals surface area (Å²) in [6, 6.07) is 8.33. The molecule has 0 spiro atoms. The van der Waals surface area contributed by atoms with Crippen molar-refractivity contribution >= 4 is 11.6 Å². The molecule has 0 aliphatic carbocycles. The number of fused-ring (bicyclic) bond motifs is 2. The largest absolute Gasteiger partial charge is 0.326 e. The van der Waals surface area contributed by atoms with E-state index < -0.39 is 0 Å². The summed E-state index contributed by atoms with van der Waals surface area (Å²) in [7, 11) is 2.10. The normalized spacial score (nSPS) is 17.8. The first-order valence-electron chi connectivity index (χ1n) is 9.58. The molecule has 4 rings (SSSR count). The summed E-state index contributed by atoms with van der Waals surface area (Å²) >= 11 is 0. The van der Waals surface area contributed by atoms with Gasteiger partial charge in [0.15, 0.2) is 0 Å². The van der Waals surface area contributed by atoms with E-state index in [-0.39, 0.29) is 17.5 Å². The van der Waals surface area contributed by atoms with Gasteiger partial charge in [0.2, 0.25) is 5.91 Å². The van der Waals surface area contributed by atoms with E-state index in [1.54, 1.807) is 0 Å². The predicted octanol–water partition coefficient (Wildman–Crippen LogP) is 2.10. The molecule has 0 bridgehead atoms. The van der Waals surface area contributed by atoms with E-state index in [4.69, 9.17) is 0 Å². The minimum atomic E-state index is 0.00570. The van der Waals surface area contributed by atoms with Crippen LogP contribution < -0.4 is 16.2 Å². The van der Waals surface area contributed by atoms with Gasteiger partial charge in [0.1, 0.15) is 0 Å². The van der Waals surface area contributed by atoms with Gasteiger partial charge in [0.05, 0.1) is 0 Å². The number of aromatic nitrogens is 1. The lowest BCUT2D eigenvalue weighted by Crippen LogP contribution is -2.31. The molecule has 0 saturated carbocycles. The number of carbonyl (C=O) groups excluding carboxylic acids is 1. The zero-order valence-corrected chi connectivity index (χ0v) is 15.9. The minimum absolute atomic E-state index is 0.00570. The van der Waals surface area contributed by atoms with Crippen molar-refractivity contribution in [2.75, 3.05) is 18.9 Å². The van der Waals surface area contributed by atoms with Crippen molar-refractivity contribution < 1.29 is 4.79 Å². The van der Waals surface area contributed by atoms with Crippen LogP contribution in [0, 0.1) is 0 Å². The fraction of sp³-hybridized carbons (Fsp3) is 0.429. The maximum absolute atomic E-state index is 12.4. The van der Waals surface area contributed by atoms with Crippen LogP contribution in [0.4, 0.5) is 5.69 Å². The molecule has 1 atom stereocenters. The van der Waals surface area contributed by atoms with E-state index in [9.17, 15) is 9.59 Å². The average Bonchev–Trinajstić information content (AvgIpc) is 2.66. The zero-order valence-electron chi connectivity index (χ0n) is 15.9. The summed E-state index contributed by atoms with van der Waals surface area (Å²) < 4.78 is 0. The van der Waals surface area contributed by atoms with E-state index in [0.29, 0.717) is 13.0 Å². The maximum Gasteiger partial charge on any atom is 0.252 e. The van der Waals surface area contributed by atoms with Crippen molar-refractivity contribution in [1.29, 1.82) is 0 Å². The molecular weight excluding hydrogens is 340 g/mol. The number of nitrogens with zero attached hydrogens (tertiary/aromatic N) is 1. The topological polar surface area (TPSA) is 77.2 Å². The predicted molar refractivity (Wildman–Crippen MR) is 106 cm³/mol. The van der Waals surface area contributed by atoms with Crippen LogP contribution in [0.5, 0.6) is 0 Å². The molecule has 27 heavy (non-hydrogen) atoms. The number of rotatable bonds is 4. The van der Waals surface area contributed by atoms with Crippen LogP contribution >= 0.6 is 0 Å². The lowest BCUT2D eigenvalue weighted by Gasteiger charge is -2.25. The van der Waals surface area contributed by atoms with E-state index in [0.717, 1.165) is 42.9 Å². The number of H-pyrrole nitrogens is 1. The van der Waals surface area contributed by atoms with E-state index in [2.05, 4.69) is 40.6 Å². The standard InChI is InChI=1S/C21H26N4O2/c1-13(14-3-5-18-15(9-14)4-6-20(26)23-18)22-11-16-10-17-12-25(2)8-7-19(17)24-21(16)27/h3,5,9-10,13,22H,4,6-8,11-12H2,1-2H3,(H,23,26)(H,24,27). The Bertz CT molecular complexity index is 934. The third kappa shape index (κ3) is 3.82. The molecule has 2 aliphatic heterocycles. The number of carbonyl (C=O) groups is 1. The van der Waals surface area contributed by atoms with Gasteiger partial charge in [-0.1, -0.05) is 12.1 Å². The van der Waals surface area contributed by atoms with E-state index in [1.165, 1.54) is 16.7 Å². The van der Waals surface area contributed by atoms with Crippen LogP contribution in [0.15, 0.2) is 29.1 Å². The van der Waals surface area contributed by atoms with Gasteiger partial charge in [-0.05, 0) is 49.2 Å². The van der Waals surface area contributed by atoms with Gasteiger partial charge in [-0.15, -0.1) is 0 Å². The molecule has 1 unspecified atom stereocenters. The lowest BCUT2D eigenvalue weighted by atomic mass is 9.97. The summed E-state index contributed by atoms with van der Waals surface area (Å²) in [6.45, 7) is 4.49. The van der Waals surface area contributed by atoms with E-state index in [1.807, 2.05) is 18.2 Å². The first-order valence-corrected chi connectivity index (χ1v) is 9.58. The van der Waals surface area contributed by atoms with Gasteiger partial charge in [0.25, 0.3) is 5.56 Å². The number of benzene rings is 1. The second kappa shape index (κ2) is 7.29. The quantitative estimate of drug-likeness (QED) is 0.774. The van der Waals surface area contributed by atoms with Gasteiger partial charge in [-0.25, -0.2) is 0 Å². The van der Waals surface area contributed by atoms with Crippen LogP contribution in [0.1, 0.15) is 47.3 Å². The summed E-state index contributed by atoms with van der Waals surface area (Å²) in [5, 5.41) is 6.38. The van der Waals surface area contributed by atoms with Crippen LogP contribution in [-0.4, -0.2) is 29.4 Å². The first-order chi connectivity index (χ1) is 13.0. The minimum Gasteiger partial charge on any atom is -0.326 e. The number of pyridine rings is 1. The summed E-state index contributed by atoms with van der Waals surface area (Å²) in [5.74, 6) is 0.0821. The Morgan fingerprint density at radius 1 is 1.15 bits per heavy atom. The highest BCUT2D eigenvalue weighted by Gasteiger charge is 2.18. The summed E-state index contributed by atoms with van der Waals surface area (Å²) in [6.07, 6.45) is 2.22. The molecule has 1 amide bonds. The monoisotopic (exact) mass is 366 g/mol. The zero-order chi connectivity index (χ0) is 19.0. The number of aryl methyl sites for hydroxylation is 1. The fourth-order valence-corrected chi connectivity index (χ4v) is 3.88. The molecular formula is C21H26N4O2.